The molecule has 122 valence electrons. The lowest BCUT2D eigenvalue weighted by atomic mass is 10.2. The van der Waals surface area contributed by atoms with Crippen molar-refractivity contribution in [3.63, 3.8) is 0 Å². The molecular formula is C15H28N2O2S2. The molecule has 1 aromatic heterocycles. The molecule has 4 nitrogen and oxygen atoms in total. The van der Waals surface area contributed by atoms with Gasteiger partial charge in [0.1, 0.15) is 0 Å². The maximum atomic E-state index is 12.5. The number of hydrogen-bond acceptors (Lipinski definition) is 4. The number of thiophene rings is 1. The zero-order chi connectivity index (χ0) is 16.0. The molecule has 0 fully saturated rings. The molecular weight excluding hydrogens is 304 g/mol. The van der Waals surface area contributed by atoms with E-state index in [0.717, 1.165) is 29.0 Å². The first-order valence-corrected chi connectivity index (χ1v) is 9.91. The van der Waals surface area contributed by atoms with Crippen LogP contribution in [0.25, 0.3) is 0 Å². The van der Waals surface area contributed by atoms with Gasteiger partial charge >= 0.3 is 0 Å². The summed E-state index contributed by atoms with van der Waals surface area (Å²) < 4.78 is 27.7. The van der Waals surface area contributed by atoms with Gasteiger partial charge in [0.2, 0.25) is 10.0 Å². The third-order valence-corrected chi connectivity index (χ3v) is 6.14. The molecule has 1 rings (SSSR count). The van der Waals surface area contributed by atoms with Crippen LogP contribution in [-0.2, 0) is 16.6 Å². The minimum Gasteiger partial charge on any atom is -0.310 e. The molecule has 0 spiro atoms. The molecule has 0 aliphatic rings. The van der Waals surface area contributed by atoms with E-state index in [1.54, 1.807) is 17.4 Å². The topological polar surface area (TPSA) is 58.2 Å². The lowest BCUT2D eigenvalue weighted by Crippen LogP contribution is -2.32. The molecule has 6 heteroatoms. The van der Waals surface area contributed by atoms with Crippen molar-refractivity contribution in [2.45, 2.75) is 77.4 Å². The second-order valence-corrected chi connectivity index (χ2v) is 8.86. The maximum absolute atomic E-state index is 12.5. The van der Waals surface area contributed by atoms with E-state index in [2.05, 4.69) is 30.8 Å². The summed E-state index contributed by atoms with van der Waals surface area (Å²) in [6.45, 7) is 10.8. The molecule has 1 aromatic rings. The monoisotopic (exact) mass is 332 g/mol. The Labute approximate surface area is 133 Å². The van der Waals surface area contributed by atoms with E-state index in [-0.39, 0.29) is 6.04 Å². The van der Waals surface area contributed by atoms with Crippen LogP contribution in [0, 0.1) is 6.92 Å². The van der Waals surface area contributed by atoms with Crippen LogP contribution < -0.4 is 10.0 Å². The van der Waals surface area contributed by atoms with Gasteiger partial charge in [-0.25, -0.2) is 13.1 Å². The molecule has 0 radical (unpaired) electrons. The number of sulfonamides is 1. The fourth-order valence-corrected chi connectivity index (χ4v) is 4.94. The molecule has 0 aromatic carbocycles. The minimum atomic E-state index is -3.41. The summed E-state index contributed by atoms with van der Waals surface area (Å²) in [5, 5.41) is 3.32. The lowest BCUT2D eigenvalue weighted by molar-refractivity contribution is 0.534. The summed E-state index contributed by atoms with van der Waals surface area (Å²) in [6, 6.07) is 2.16. The molecule has 0 aliphatic heterocycles. The van der Waals surface area contributed by atoms with Gasteiger partial charge in [0, 0.05) is 28.4 Å². The Morgan fingerprint density at radius 2 is 1.95 bits per heavy atom. The average Bonchev–Trinajstić information content (AvgIpc) is 2.75. The molecule has 21 heavy (non-hydrogen) atoms. The third kappa shape index (κ3) is 6.06. The summed E-state index contributed by atoms with van der Waals surface area (Å²) in [5.41, 5.74) is 0. The molecule has 2 N–H and O–H groups in total. The first-order chi connectivity index (χ1) is 9.76. The Bertz CT molecular complexity index is 536. The average molecular weight is 333 g/mol. The number of nitrogens with one attached hydrogen (secondary N) is 2. The van der Waals surface area contributed by atoms with Crippen LogP contribution in [0.1, 0.15) is 56.7 Å². The number of unbranched alkanes of at least 4 members (excludes halogenated alkanes) is 1. The smallest absolute Gasteiger partial charge is 0.241 e. The van der Waals surface area contributed by atoms with E-state index in [1.165, 1.54) is 0 Å². The van der Waals surface area contributed by atoms with E-state index >= 15 is 0 Å². The van der Waals surface area contributed by atoms with Crippen molar-refractivity contribution in [3.05, 3.63) is 15.8 Å². The van der Waals surface area contributed by atoms with Gasteiger partial charge in [-0.05, 0) is 26.3 Å². The largest absolute Gasteiger partial charge is 0.310 e. The first kappa shape index (κ1) is 18.6. The lowest BCUT2D eigenvalue weighted by Gasteiger charge is -2.13. The molecule has 1 atom stereocenters. The summed E-state index contributed by atoms with van der Waals surface area (Å²) in [7, 11) is -3.41. The van der Waals surface area contributed by atoms with E-state index in [1.807, 2.05) is 13.8 Å². The van der Waals surface area contributed by atoms with E-state index in [0.29, 0.717) is 17.5 Å². The van der Waals surface area contributed by atoms with Crippen LogP contribution in [0.3, 0.4) is 0 Å². The summed E-state index contributed by atoms with van der Waals surface area (Å²) >= 11 is 1.55. The highest BCUT2D eigenvalue weighted by molar-refractivity contribution is 7.89. The maximum Gasteiger partial charge on any atom is 0.241 e. The predicted molar refractivity (Wildman–Crippen MR) is 90.3 cm³/mol. The second kappa shape index (κ2) is 8.27. The Kier molecular flexibility index (Phi) is 7.33. The van der Waals surface area contributed by atoms with Crippen molar-refractivity contribution in [2.75, 3.05) is 0 Å². The van der Waals surface area contributed by atoms with Gasteiger partial charge in [-0.2, -0.15) is 0 Å². The molecule has 0 amide bonds. The van der Waals surface area contributed by atoms with Crippen molar-refractivity contribution in [2.24, 2.45) is 0 Å². The van der Waals surface area contributed by atoms with Crippen LogP contribution in [0.4, 0.5) is 0 Å². The van der Waals surface area contributed by atoms with Crippen LogP contribution in [0.2, 0.25) is 0 Å². The van der Waals surface area contributed by atoms with E-state index in [4.69, 9.17) is 0 Å². The van der Waals surface area contributed by atoms with Crippen molar-refractivity contribution in [1.82, 2.24) is 10.0 Å². The standard InChI is InChI=1S/C15H28N2O2S2/c1-6-7-8-12(4)17-21(18,19)15-9-14(20-13(15)5)10-16-11(2)3/h9,11-12,16-17H,6-8,10H2,1-5H3. The van der Waals surface area contributed by atoms with Crippen LogP contribution in [0.5, 0.6) is 0 Å². The van der Waals surface area contributed by atoms with Crippen molar-refractivity contribution >= 4 is 21.4 Å². The third-order valence-electron chi connectivity index (χ3n) is 3.24. The minimum absolute atomic E-state index is 0.0218. The van der Waals surface area contributed by atoms with Crippen molar-refractivity contribution in [3.8, 4) is 0 Å². The molecule has 1 heterocycles. The van der Waals surface area contributed by atoms with E-state index in [9.17, 15) is 8.42 Å². The number of hydrogen-bond donors (Lipinski definition) is 2. The summed E-state index contributed by atoms with van der Waals surface area (Å²) in [4.78, 5) is 2.34. The molecule has 0 aliphatic carbocycles. The fraction of sp³-hybridized carbons (Fsp3) is 0.733. The van der Waals surface area contributed by atoms with Crippen LogP contribution >= 0.6 is 11.3 Å². The summed E-state index contributed by atoms with van der Waals surface area (Å²) in [6.07, 6.45) is 2.99. The Hall–Kier alpha value is -0.430. The molecule has 0 bridgehead atoms. The van der Waals surface area contributed by atoms with Crippen molar-refractivity contribution < 1.29 is 8.42 Å². The van der Waals surface area contributed by atoms with Gasteiger partial charge in [-0.1, -0.05) is 33.6 Å². The highest BCUT2D eigenvalue weighted by Crippen LogP contribution is 2.26. The Morgan fingerprint density at radius 3 is 2.52 bits per heavy atom. The van der Waals surface area contributed by atoms with Crippen molar-refractivity contribution in [1.29, 1.82) is 0 Å². The number of rotatable bonds is 9. The van der Waals surface area contributed by atoms with Crippen LogP contribution in [0.15, 0.2) is 11.0 Å². The van der Waals surface area contributed by atoms with E-state index < -0.39 is 10.0 Å². The molecule has 0 saturated heterocycles. The van der Waals surface area contributed by atoms with Gasteiger partial charge in [0.25, 0.3) is 0 Å². The predicted octanol–water partition coefficient (Wildman–Crippen LogP) is 3.41. The van der Waals surface area contributed by atoms with Gasteiger partial charge in [0.15, 0.2) is 0 Å². The zero-order valence-electron chi connectivity index (χ0n) is 13.7. The van der Waals surface area contributed by atoms with Gasteiger partial charge in [-0.15, -0.1) is 11.3 Å². The van der Waals surface area contributed by atoms with Crippen LogP contribution in [-0.4, -0.2) is 20.5 Å². The normalized spacial score (nSPS) is 13.8. The highest BCUT2D eigenvalue weighted by Gasteiger charge is 2.21. The zero-order valence-corrected chi connectivity index (χ0v) is 15.3. The molecule has 0 saturated carbocycles. The SMILES string of the molecule is CCCCC(C)NS(=O)(=O)c1cc(CNC(C)C)sc1C. The quantitative estimate of drug-likeness (QED) is 0.728. The highest BCUT2D eigenvalue weighted by atomic mass is 32.2. The van der Waals surface area contributed by atoms with Gasteiger partial charge in [0.05, 0.1) is 4.90 Å². The molecule has 1 unspecified atom stereocenters. The first-order valence-electron chi connectivity index (χ1n) is 7.61. The Morgan fingerprint density at radius 1 is 1.29 bits per heavy atom. The fourth-order valence-electron chi connectivity index (χ4n) is 2.08. The Balaban J connectivity index is 2.78. The number of aryl methyl sites for hydroxylation is 1. The van der Waals surface area contributed by atoms with Gasteiger partial charge in [-0.3, -0.25) is 0 Å². The second-order valence-electron chi connectivity index (χ2n) is 5.83. The van der Waals surface area contributed by atoms with Gasteiger partial charge < -0.3 is 5.32 Å². The summed E-state index contributed by atoms with van der Waals surface area (Å²) in [5.74, 6) is 0.